The number of aromatic nitrogens is 3. The molecular weight excluding hydrogens is 286 g/mol. The van der Waals surface area contributed by atoms with Crippen molar-refractivity contribution in [2.75, 3.05) is 0 Å². The third kappa shape index (κ3) is 3.48. The molecule has 0 saturated heterocycles. The lowest BCUT2D eigenvalue weighted by Crippen LogP contribution is -2.14. The normalized spacial score (nSPS) is 12.3. The summed E-state index contributed by atoms with van der Waals surface area (Å²) in [6, 6.07) is 7.22. The van der Waals surface area contributed by atoms with Gasteiger partial charge in [-0.25, -0.2) is 4.98 Å². The third-order valence-electron chi connectivity index (χ3n) is 2.46. The fourth-order valence-corrected chi connectivity index (χ4v) is 2.45. The summed E-state index contributed by atoms with van der Waals surface area (Å²) in [6.45, 7) is 1.82. The minimum atomic E-state index is -0.860. The number of nitrogens with zero attached hydrogens (tertiary/aromatic N) is 2. The molecule has 1 unspecified atom stereocenters. The fourth-order valence-electron chi connectivity index (χ4n) is 1.50. The summed E-state index contributed by atoms with van der Waals surface area (Å²) in [5.41, 5.74) is 0.815. The first-order chi connectivity index (χ1) is 9.10. The van der Waals surface area contributed by atoms with Crippen molar-refractivity contribution in [1.29, 1.82) is 0 Å². The van der Waals surface area contributed by atoms with Crippen molar-refractivity contribution in [3.05, 3.63) is 29.3 Å². The Bertz CT molecular complexity index is 588. The number of H-pyrrole nitrogens is 1. The summed E-state index contributed by atoms with van der Waals surface area (Å²) in [7, 11) is 0. The number of aliphatic carboxylic acids is 1. The second kappa shape index (κ2) is 6.08. The molecule has 0 aliphatic rings. The molecule has 0 bridgehead atoms. The van der Waals surface area contributed by atoms with E-state index in [9.17, 15) is 4.79 Å². The molecule has 1 atom stereocenters. The molecule has 0 spiro atoms. The van der Waals surface area contributed by atoms with Crippen LogP contribution in [0, 0.1) is 0 Å². The number of aromatic amines is 1. The predicted molar refractivity (Wildman–Crippen MR) is 74.4 cm³/mol. The quantitative estimate of drug-likeness (QED) is 0.829. The van der Waals surface area contributed by atoms with Crippen LogP contribution in [0.1, 0.15) is 13.3 Å². The molecule has 2 rings (SSSR count). The van der Waals surface area contributed by atoms with Crippen LogP contribution in [-0.2, 0) is 4.79 Å². The zero-order valence-electron chi connectivity index (χ0n) is 10.1. The van der Waals surface area contributed by atoms with Gasteiger partial charge in [-0.3, -0.25) is 9.89 Å². The van der Waals surface area contributed by atoms with Gasteiger partial charge in [0.05, 0.1) is 0 Å². The maximum Gasteiger partial charge on any atom is 0.317 e. The van der Waals surface area contributed by atoms with E-state index in [1.54, 1.807) is 12.1 Å². The second-order valence-corrected chi connectivity index (χ2v) is 5.44. The molecule has 1 heterocycles. The molecule has 0 radical (unpaired) electrons. The van der Waals surface area contributed by atoms with Gasteiger partial charge in [0.25, 0.3) is 0 Å². The van der Waals surface area contributed by atoms with Crippen molar-refractivity contribution in [3.8, 4) is 11.4 Å². The summed E-state index contributed by atoms with van der Waals surface area (Å²) >= 11 is 7.04. The molecule has 5 nitrogen and oxygen atoms in total. The second-order valence-electron chi connectivity index (χ2n) is 3.83. The number of carboxylic acids is 1. The zero-order valence-corrected chi connectivity index (χ0v) is 11.7. The summed E-state index contributed by atoms with van der Waals surface area (Å²) in [4.78, 5) is 15.2. The van der Waals surface area contributed by atoms with Gasteiger partial charge in [-0.15, -0.1) is 5.10 Å². The summed E-state index contributed by atoms with van der Waals surface area (Å²) < 4.78 is 0. The summed E-state index contributed by atoms with van der Waals surface area (Å²) in [5, 5.41) is 16.3. The van der Waals surface area contributed by atoms with Crippen molar-refractivity contribution >= 4 is 29.3 Å². The topological polar surface area (TPSA) is 78.9 Å². The number of nitrogens with one attached hydrogen (secondary N) is 1. The Kier molecular flexibility index (Phi) is 4.44. The molecule has 2 N–H and O–H groups in total. The smallest absolute Gasteiger partial charge is 0.317 e. The van der Waals surface area contributed by atoms with Gasteiger partial charge in [0.15, 0.2) is 5.82 Å². The lowest BCUT2D eigenvalue weighted by atomic mass is 10.2. The first kappa shape index (κ1) is 13.9. The van der Waals surface area contributed by atoms with Gasteiger partial charge in [0.2, 0.25) is 5.16 Å². The van der Waals surface area contributed by atoms with Crippen molar-refractivity contribution in [3.63, 3.8) is 0 Å². The largest absolute Gasteiger partial charge is 0.480 e. The van der Waals surface area contributed by atoms with E-state index in [-0.39, 0.29) is 0 Å². The van der Waals surface area contributed by atoms with Crippen molar-refractivity contribution in [1.82, 2.24) is 15.2 Å². The Morgan fingerprint density at radius 1 is 1.58 bits per heavy atom. The molecule has 2 aromatic rings. The number of carbonyl (C=O) groups is 1. The minimum Gasteiger partial charge on any atom is -0.480 e. The van der Waals surface area contributed by atoms with Crippen LogP contribution in [0.3, 0.4) is 0 Å². The van der Waals surface area contributed by atoms with E-state index in [4.69, 9.17) is 16.7 Å². The SMILES string of the molecule is CCC(Sc1n[nH]c(-c2cccc(Cl)c2)n1)C(=O)O. The van der Waals surface area contributed by atoms with Crippen molar-refractivity contribution in [2.45, 2.75) is 23.8 Å². The Morgan fingerprint density at radius 2 is 2.37 bits per heavy atom. The van der Waals surface area contributed by atoms with Crippen LogP contribution in [0.2, 0.25) is 5.02 Å². The molecular formula is C12H12ClN3O2S. The highest BCUT2D eigenvalue weighted by molar-refractivity contribution is 8.00. The first-order valence-corrected chi connectivity index (χ1v) is 6.93. The highest BCUT2D eigenvalue weighted by atomic mass is 35.5. The molecule has 0 aliphatic heterocycles. The Hall–Kier alpha value is -1.53. The van der Waals surface area contributed by atoms with Gasteiger partial charge in [0.1, 0.15) is 5.25 Å². The maximum absolute atomic E-state index is 11.0. The first-order valence-electron chi connectivity index (χ1n) is 5.68. The highest BCUT2D eigenvalue weighted by Gasteiger charge is 2.19. The van der Waals surface area contributed by atoms with E-state index in [1.807, 2.05) is 19.1 Å². The molecule has 0 aliphatic carbocycles. The van der Waals surface area contributed by atoms with Gasteiger partial charge in [0, 0.05) is 10.6 Å². The number of benzene rings is 1. The van der Waals surface area contributed by atoms with Crippen LogP contribution >= 0.6 is 23.4 Å². The molecule has 0 amide bonds. The molecule has 1 aromatic carbocycles. The van der Waals surface area contributed by atoms with Crippen molar-refractivity contribution in [2.24, 2.45) is 0 Å². The van der Waals surface area contributed by atoms with Crippen LogP contribution in [0.15, 0.2) is 29.4 Å². The molecule has 0 saturated carbocycles. The Balaban J connectivity index is 2.17. The van der Waals surface area contributed by atoms with Gasteiger partial charge in [-0.1, -0.05) is 42.4 Å². The summed E-state index contributed by atoms with van der Waals surface area (Å²) in [5.74, 6) is -0.285. The van der Waals surface area contributed by atoms with Crippen LogP contribution in [0.4, 0.5) is 0 Å². The maximum atomic E-state index is 11.0. The molecule has 19 heavy (non-hydrogen) atoms. The lowest BCUT2D eigenvalue weighted by molar-refractivity contribution is -0.136. The van der Waals surface area contributed by atoms with Gasteiger partial charge < -0.3 is 5.11 Å². The van der Waals surface area contributed by atoms with Gasteiger partial charge in [-0.05, 0) is 18.6 Å². The zero-order chi connectivity index (χ0) is 13.8. The number of hydrogen-bond acceptors (Lipinski definition) is 4. The third-order valence-corrected chi connectivity index (χ3v) is 3.90. The van der Waals surface area contributed by atoms with E-state index >= 15 is 0 Å². The average molecular weight is 298 g/mol. The van der Waals surface area contributed by atoms with E-state index in [2.05, 4.69) is 15.2 Å². The van der Waals surface area contributed by atoms with E-state index in [1.165, 1.54) is 0 Å². The summed E-state index contributed by atoms with van der Waals surface area (Å²) in [6.07, 6.45) is 0.515. The Morgan fingerprint density at radius 3 is 3.00 bits per heavy atom. The fraction of sp³-hybridized carbons (Fsp3) is 0.250. The lowest BCUT2D eigenvalue weighted by Gasteiger charge is -2.04. The number of rotatable bonds is 5. The van der Waals surface area contributed by atoms with Gasteiger partial charge in [-0.2, -0.15) is 0 Å². The number of halogens is 1. The predicted octanol–water partition coefficient (Wildman–Crippen LogP) is 3.08. The minimum absolute atomic E-state index is 0.421. The number of carboxylic acid groups (broad SMARTS) is 1. The van der Waals surface area contributed by atoms with Crippen LogP contribution in [0.5, 0.6) is 0 Å². The standard InChI is InChI=1S/C12H12ClN3O2S/c1-2-9(11(17)18)19-12-14-10(15-16-12)7-4-3-5-8(13)6-7/h3-6,9H,2H2,1H3,(H,17,18)(H,14,15,16). The van der Waals surface area contributed by atoms with E-state index in [0.29, 0.717) is 22.4 Å². The van der Waals surface area contributed by atoms with Crippen LogP contribution < -0.4 is 0 Å². The molecule has 7 heteroatoms. The monoisotopic (exact) mass is 297 g/mol. The Labute approximate surface area is 119 Å². The molecule has 1 aromatic heterocycles. The number of thioether (sulfide) groups is 1. The molecule has 0 fully saturated rings. The van der Waals surface area contributed by atoms with E-state index in [0.717, 1.165) is 17.3 Å². The van der Waals surface area contributed by atoms with Gasteiger partial charge >= 0.3 is 5.97 Å². The van der Waals surface area contributed by atoms with Crippen LogP contribution in [-0.4, -0.2) is 31.5 Å². The molecule has 100 valence electrons. The van der Waals surface area contributed by atoms with E-state index < -0.39 is 11.2 Å². The van der Waals surface area contributed by atoms with Crippen molar-refractivity contribution < 1.29 is 9.90 Å². The highest BCUT2D eigenvalue weighted by Crippen LogP contribution is 2.25. The number of hydrogen-bond donors (Lipinski definition) is 2. The van der Waals surface area contributed by atoms with Crippen LogP contribution in [0.25, 0.3) is 11.4 Å². The average Bonchev–Trinajstić information content (AvgIpc) is 2.84.